The largest absolute Gasteiger partial charge is 0.102 e. The first-order chi connectivity index (χ1) is 6.63. The molecule has 1 aromatic rings. The Labute approximate surface area is 87.4 Å². The zero-order valence-electron chi connectivity index (χ0n) is 9.22. The smallest absolute Gasteiger partial charge is 0.0340 e. The fourth-order valence-electron chi connectivity index (χ4n) is 1.49. The van der Waals surface area contributed by atoms with Gasteiger partial charge in [-0.15, -0.1) is 5.92 Å². The molecule has 0 saturated heterocycles. The maximum atomic E-state index is 3.52. The van der Waals surface area contributed by atoms with Crippen LogP contribution in [0.25, 0.3) is 0 Å². The average molecular weight is 185 g/mol. The maximum Gasteiger partial charge on any atom is 0.0340 e. The molecule has 1 rings (SSSR count). The summed E-state index contributed by atoms with van der Waals surface area (Å²) in [5.74, 6) is 6.27. The fourth-order valence-corrected chi connectivity index (χ4v) is 1.49. The second-order valence-corrected chi connectivity index (χ2v) is 3.94. The van der Waals surface area contributed by atoms with Crippen molar-refractivity contribution in [1.29, 1.82) is 0 Å². The number of hydrogen-bond donors (Lipinski definition) is 0. The Hall–Kier alpha value is -1.22. The molecule has 1 aromatic carbocycles. The van der Waals surface area contributed by atoms with Crippen LogP contribution in [0.1, 0.15) is 36.5 Å². The Morgan fingerprint density at radius 3 is 2.57 bits per heavy atom. The predicted octanol–water partition coefficient (Wildman–Crippen LogP) is 3.50. The maximum absolute atomic E-state index is 3.52. The van der Waals surface area contributed by atoms with Gasteiger partial charge in [-0.1, -0.05) is 43.5 Å². The van der Waals surface area contributed by atoms with E-state index in [1.54, 1.807) is 0 Å². The molecule has 0 heterocycles. The Morgan fingerprint density at radius 1 is 1.29 bits per heavy atom. The molecule has 0 saturated carbocycles. The third kappa shape index (κ3) is 2.92. The van der Waals surface area contributed by atoms with Crippen molar-refractivity contribution in [2.45, 2.75) is 33.1 Å². The van der Waals surface area contributed by atoms with Crippen molar-refractivity contribution in [1.82, 2.24) is 0 Å². The van der Waals surface area contributed by atoms with Gasteiger partial charge in [0.25, 0.3) is 0 Å². The normalized spacial score (nSPS) is 9.79. The van der Waals surface area contributed by atoms with Crippen molar-refractivity contribution >= 4 is 0 Å². The molecule has 0 fully saturated rings. The summed E-state index contributed by atoms with van der Waals surface area (Å²) in [6.45, 7) is 10.1. The summed E-state index contributed by atoms with van der Waals surface area (Å²) in [6, 6.07) is 6.67. The molecule has 0 N–H and O–H groups in total. The van der Waals surface area contributed by atoms with E-state index in [4.69, 9.17) is 0 Å². The van der Waals surface area contributed by atoms with Crippen LogP contribution in [-0.2, 0) is 6.42 Å². The molecule has 0 unspecified atom stereocenters. The standard InChI is InChI=1S/C14H17/c1-5-6-7-13-8-12(4)9-14(10-13)11(2)3/h8-11H,1,7H2,2-4H3. The molecular weight excluding hydrogens is 168 g/mol. The number of rotatable bonds is 2. The lowest BCUT2D eigenvalue weighted by atomic mass is 9.97. The summed E-state index contributed by atoms with van der Waals surface area (Å²) >= 11 is 0. The SMILES string of the molecule is [CH2]C#CCc1cc(C)cc(C(C)C)c1. The monoisotopic (exact) mass is 185 g/mol. The number of benzene rings is 1. The first kappa shape index (κ1) is 10.9. The van der Waals surface area contributed by atoms with E-state index in [0.29, 0.717) is 5.92 Å². The lowest BCUT2D eigenvalue weighted by Crippen LogP contribution is -1.92. The lowest BCUT2D eigenvalue weighted by molar-refractivity contribution is 0.862. The van der Waals surface area contributed by atoms with Gasteiger partial charge in [0, 0.05) is 13.3 Å². The van der Waals surface area contributed by atoms with E-state index in [9.17, 15) is 0 Å². The van der Waals surface area contributed by atoms with E-state index in [1.807, 2.05) is 0 Å². The summed E-state index contributed by atoms with van der Waals surface area (Å²) < 4.78 is 0. The molecular formula is C14H17. The van der Waals surface area contributed by atoms with E-state index in [0.717, 1.165) is 6.42 Å². The molecule has 0 bridgehead atoms. The molecule has 0 heteroatoms. The van der Waals surface area contributed by atoms with Gasteiger partial charge in [-0.2, -0.15) is 0 Å². The van der Waals surface area contributed by atoms with Gasteiger partial charge in [0.15, 0.2) is 0 Å². The summed E-state index contributed by atoms with van der Waals surface area (Å²) in [7, 11) is 0. The van der Waals surface area contributed by atoms with Crippen molar-refractivity contribution in [2.75, 3.05) is 0 Å². The molecule has 0 spiro atoms. The third-order valence-corrected chi connectivity index (χ3v) is 2.24. The van der Waals surface area contributed by atoms with Gasteiger partial charge < -0.3 is 0 Å². The minimum atomic E-state index is 0.585. The highest BCUT2D eigenvalue weighted by molar-refractivity contribution is 5.33. The topological polar surface area (TPSA) is 0 Å². The van der Waals surface area contributed by atoms with Crippen molar-refractivity contribution in [3.05, 3.63) is 41.8 Å². The number of hydrogen-bond acceptors (Lipinski definition) is 0. The predicted molar refractivity (Wildman–Crippen MR) is 62.1 cm³/mol. The van der Waals surface area contributed by atoms with Crippen molar-refractivity contribution in [2.24, 2.45) is 0 Å². The van der Waals surface area contributed by atoms with Crippen LogP contribution in [0.2, 0.25) is 0 Å². The Morgan fingerprint density at radius 2 is 2.00 bits per heavy atom. The summed E-state index contributed by atoms with van der Waals surface area (Å²) in [5, 5.41) is 0. The molecule has 0 aromatic heterocycles. The van der Waals surface area contributed by atoms with Gasteiger partial charge in [0.05, 0.1) is 0 Å². The quantitative estimate of drug-likeness (QED) is 0.619. The van der Waals surface area contributed by atoms with Gasteiger partial charge in [0.2, 0.25) is 0 Å². The van der Waals surface area contributed by atoms with Crippen LogP contribution in [0.5, 0.6) is 0 Å². The summed E-state index contributed by atoms with van der Waals surface area (Å²) in [6.07, 6.45) is 0.810. The number of aryl methyl sites for hydroxylation is 1. The van der Waals surface area contributed by atoms with Crippen LogP contribution in [0.15, 0.2) is 18.2 Å². The molecule has 14 heavy (non-hydrogen) atoms. The van der Waals surface area contributed by atoms with Crippen molar-refractivity contribution < 1.29 is 0 Å². The first-order valence-corrected chi connectivity index (χ1v) is 4.99. The molecule has 0 nitrogen and oxygen atoms in total. The Bertz CT molecular complexity index is 361. The minimum absolute atomic E-state index is 0.585. The van der Waals surface area contributed by atoms with E-state index >= 15 is 0 Å². The summed E-state index contributed by atoms with van der Waals surface area (Å²) in [5.41, 5.74) is 4.01. The van der Waals surface area contributed by atoms with Crippen molar-refractivity contribution in [3.8, 4) is 11.8 Å². The van der Waals surface area contributed by atoms with Crippen LogP contribution < -0.4 is 0 Å². The molecule has 0 aliphatic heterocycles. The molecule has 0 aliphatic carbocycles. The second-order valence-electron chi connectivity index (χ2n) is 3.94. The van der Waals surface area contributed by atoms with Crippen LogP contribution in [0.3, 0.4) is 0 Å². The Balaban J connectivity index is 2.98. The van der Waals surface area contributed by atoms with E-state index in [2.05, 4.69) is 57.7 Å². The van der Waals surface area contributed by atoms with E-state index in [-0.39, 0.29) is 0 Å². The van der Waals surface area contributed by atoms with Gasteiger partial charge in [0.1, 0.15) is 0 Å². The van der Waals surface area contributed by atoms with Crippen LogP contribution in [0, 0.1) is 25.7 Å². The van der Waals surface area contributed by atoms with Crippen LogP contribution >= 0.6 is 0 Å². The van der Waals surface area contributed by atoms with E-state index in [1.165, 1.54) is 16.7 Å². The zero-order chi connectivity index (χ0) is 10.6. The fraction of sp³-hybridized carbons (Fsp3) is 0.357. The first-order valence-electron chi connectivity index (χ1n) is 4.99. The molecule has 1 radical (unpaired) electrons. The molecule has 0 aliphatic rings. The van der Waals surface area contributed by atoms with Crippen molar-refractivity contribution in [3.63, 3.8) is 0 Å². The minimum Gasteiger partial charge on any atom is -0.102 e. The van der Waals surface area contributed by atoms with Gasteiger partial charge in [-0.3, -0.25) is 0 Å². The van der Waals surface area contributed by atoms with Gasteiger partial charge >= 0.3 is 0 Å². The van der Waals surface area contributed by atoms with Gasteiger partial charge in [-0.05, 0) is 24.0 Å². The highest BCUT2D eigenvalue weighted by Crippen LogP contribution is 2.18. The lowest BCUT2D eigenvalue weighted by Gasteiger charge is -2.08. The zero-order valence-corrected chi connectivity index (χ0v) is 9.22. The highest BCUT2D eigenvalue weighted by Gasteiger charge is 2.01. The molecule has 73 valence electrons. The molecule has 0 amide bonds. The molecule has 0 atom stereocenters. The van der Waals surface area contributed by atoms with Gasteiger partial charge in [-0.25, -0.2) is 0 Å². The highest BCUT2D eigenvalue weighted by atomic mass is 14.1. The van der Waals surface area contributed by atoms with Crippen LogP contribution in [-0.4, -0.2) is 0 Å². The van der Waals surface area contributed by atoms with Crippen LogP contribution in [0.4, 0.5) is 0 Å². The van der Waals surface area contributed by atoms with E-state index < -0.39 is 0 Å². The third-order valence-electron chi connectivity index (χ3n) is 2.24. The average Bonchev–Trinajstić information content (AvgIpc) is 2.14. The Kier molecular flexibility index (Phi) is 3.77. The summed E-state index contributed by atoms with van der Waals surface area (Å²) in [4.78, 5) is 0. The second kappa shape index (κ2) is 4.86.